The fourth-order valence-electron chi connectivity index (χ4n) is 1.97. The first-order valence-electron chi connectivity index (χ1n) is 5.81. The van der Waals surface area contributed by atoms with Gasteiger partial charge in [-0.15, -0.1) is 0 Å². The zero-order chi connectivity index (χ0) is 11.3. The molecule has 1 rings (SSSR count). The average molecular weight is 213 g/mol. The van der Waals surface area contributed by atoms with Crippen molar-refractivity contribution >= 4 is 6.29 Å². The highest BCUT2D eigenvalue weighted by atomic mass is 16.5. The Kier molecular flexibility index (Phi) is 4.74. The molecule has 1 unspecified atom stereocenters. The molecule has 1 aliphatic rings. The lowest BCUT2D eigenvalue weighted by Crippen LogP contribution is -2.38. The van der Waals surface area contributed by atoms with E-state index in [0.29, 0.717) is 6.61 Å². The summed E-state index contributed by atoms with van der Waals surface area (Å²) in [6, 6.07) is 0. The maximum absolute atomic E-state index is 11.1. The van der Waals surface area contributed by atoms with Crippen LogP contribution < -0.4 is 0 Å². The van der Waals surface area contributed by atoms with Gasteiger partial charge in [-0.2, -0.15) is 0 Å². The maximum atomic E-state index is 11.1. The van der Waals surface area contributed by atoms with E-state index in [9.17, 15) is 4.79 Å². The van der Waals surface area contributed by atoms with Crippen molar-refractivity contribution in [3.05, 3.63) is 0 Å². The van der Waals surface area contributed by atoms with Gasteiger partial charge < -0.3 is 14.4 Å². The van der Waals surface area contributed by atoms with Crippen LogP contribution in [0.4, 0.5) is 0 Å². The Labute approximate surface area is 92.8 Å². The molecule has 0 amide bonds. The number of aldehydes is 1. The largest absolute Gasteiger partial charge is 0.380 e. The van der Waals surface area contributed by atoms with Gasteiger partial charge in [-0.05, 0) is 32.4 Å². The molecule has 0 N–H and O–H groups in total. The zero-order valence-electron chi connectivity index (χ0n) is 10.2. The first-order chi connectivity index (χ1) is 7.08. The number of rotatable bonds is 6. The van der Waals surface area contributed by atoms with Crippen LogP contribution in [0.3, 0.4) is 0 Å². The molecule has 0 spiro atoms. The van der Waals surface area contributed by atoms with Gasteiger partial charge in [0, 0.05) is 13.2 Å². The topological polar surface area (TPSA) is 29.5 Å². The lowest BCUT2D eigenvalue weighted by Gasteiger charge is -2.27. The summed E-state index contributed by atoms with van der Waals surface area (Å²) in [6.07, 6.45) is 3.15. The number of carbonyl (C=O) groups is 1. The van der Waals surface area contributed by atoms with Crippen LogP contribution in [-0.2, 0) is 9.53 Å². The normalized spacial score (nSPS) is 26.5. The number of carbonyl (C=O) groups excluding carboxylic acids is 1. The molecule has 0 aromatic heterocycles. The van der Waals surface area contributed by atoms with Gasteiger partial charge in [-0.1, -0.05) is 13.8 Å². The molecule has 0 radical (unpaired) electrons. The van der Waals surface area contributed by atoms with E-state index in [-0.39, 0.29) is 5.41 Å². The lowest BCUT2D eigenvalue weighted by atomic mass is 9.88. The minimum atomic E-state index is -0.230. The summed E-state index contributed by atoms with van der Waals surface area (Å²) >= 11 is 0. The van der Waals surface area contributed by atoms with Crippen molar-refractivity contribution in [2.45, 2.75) is 26.7 Å². The Morgan fingerprint density at radius 2 is 2.27 bits per heavy atom. The average Bonchev–Trinajstić information content (AvgIpc) is 2.64. The Morgan fingerprint density at radius 1 is 1.53 bits per heavy atom. The van der Waals surface area contributed by atoms with Crippen LogP contribution in [0, 0.1) is 11.3 Å². The fraction of sp³-hybridized carbons (Fsp3) is 0.917. The molecule has 0 aromatic carbocycles. The SMILES string of the molecule is CC(C)CCN(C)CC1(C=O)CCOC1. The molecule has 0 aromatic rings. The third kappa shape index (κ3) is 3.92. The molecule has 15 heavy (non-hydrogen) atoms. The summed E-state index contributed by atoms with van der Waals surface area (Å²) in [7, 11) is 2.09. The van der Waals surface area contributed by atoms with Crippen LogP contribution in [0.5, 0.6) is 0 Å². The molecular formula is C12H23NO2. The first-order valence-corrected chi connectivity index (χ1v) is 5.81. The van der Waals surface area contributed by atoms with E-state index in [4.69, 9.17) is 4.74 Å². The highest BCUT2D eigenvalue weighted by Gasteiger charge is 2.35. The van der Waals surface area contributed by atoms with Crippen LogP contribution in [0.1, 0.15) is 26.7 Å². The molecule has 1 aliphatic heterocycles. The Hall–Kier alpha value is -0.410. The summed E-state index contributed by atoms with van der Waals surface area (Å²) in [5.41, 5.74) is -0.230. The van der Waals surface area contributed by atoms with Crippen LogP contribution in [-0.4, -0.2) is 44.5 Å². The third-order valence-electron chi connectivity index (χ3n) is 3.06. The van der Waals surface area contributed by atoms with Crippen molar-refractivity contribution in [2.24, 2.45) is 11.3 Å². The Morgan fingerprint density at radius 3 is 2.73 bits per heavy atom. The van der Waals surface area contributed by atoms with E-state index < -0.39 is 0 Å². The van der Waals surface area contributed by atoms with Gasteiger partial charge in [-0.3, -0.25) is 0 Å². The number of ether oxygens (including phenoxy) is 1. The molecule has 0 aliphatic carbocycles. The van der Waals surface area contributed by atoms with E-state index >= 15 is 0 Å². The van der Waals surface area contributed by atoms with E-state index in [0.717, 1.165) is 38.3 Å². The molecule has 1 heterocycles. The van der Waals surface area contributed by atoms with Crippen molar-refractivity contribution in [3.8, 4) is 0 Å². The van der Waals surface area contributed by atoms with Crippen molar-refractivity contribution in [1.29, 1.82) is 0 Å². The summed E-state index contributed by atoms with van der Waals surface area (Å²) < 4.78 is 5.32. The Balaban J connectivity index is 2.34. The Bertz CT molecular complexity index is 198. The molecule has 1 fully saturated rings. The van der Waals surface area contributed by atoms with Gasteiger partial charge in [0.05, 0.1) is 12.0 Å². The molecule has 3 heteroatoms. The highest BCUT2D eigenvalue weighted by molar-refractivity contribution is 5.60. The van der Waals surface area contributed by atoms with E-state index in [1.165, 1.54) is 6.42 Å². The molecule has 0 saturated carbocycles. The van der Waals surface area contributed by atoms with Crippen LogP contribution in [0.2, 0.25) is 0 Å². The van der Waals surface area contributed by atoms with Crippen molar-refractivity contribution in [3.63, 3.8) is 0 Å². The summed E-state index contributed by atoms with van der Waals surface area (Å²) in [5, 5.41) is 0. The van der Waals surface area contributed by atoms with Gasteiger partial charge >= 0.3 is 0 Å². The number of hydrogen-bond donors (Lipinski definition) is 0. The lowest BCUT2D eigenvalue weighted by molar-refractivity contribution is -0.117. The molecule has 1 atom stereocenters. The van der Waals surface area contributed by atoms with Crippen molar-refractivity contribution in [2.75, 3.05) is 33.4 Å². The monoisotopic (exact) mass is 213 g/mol. The summed E-state index contributed by atoms with van der Waals surface area (Å²) in [6.45, 7) is 7.68. The molecule has 1 saturated heterocycles. The minimum absolute atomic E-state index is 0.230. The van der Waals surface area contributed by atoms with Gasteiger partial charge in [0.25, 0.3) is 0 Å². The second-order valence-electron chi connectivity index (χ2n) is 5.20. The summed E-state index contributed by atoms with van der Waals surface area (Å²) in [5.74, 6) is 0.722. The van der Waals surface area contributed by atoms with Gasteiger partial charge in [0.2, 0.25) is 0 Å². The minimum Gasteiger partial charge on any atom is -0.380 e. The molecular weight excluding hydrogens is 190 g/mol. The van der Waals surface area contributed by atoms with Gasteiger partial charge in [0.15, 0.2) is 0 Å². The third-order valence-corrected chi connectivity index (χ3v) is 3.06. The maximum Gasteiger partial charge on any atom is 0.129 e. The summed E-state index contributed by atoms with van der Waals surface area (Å²) in [4.78, 5) is 13.3. The van der Waals surface area contributed by atoms with Gasteiger partial charge in [0.1, 0.15) is 6.29 Å². The number of nitrogens with zero attached hydrogens (tertiary/aromatic N) is 1. The quantitative estimate of drug-likeness (QED) is 0.627. The van der Waals surface area contributed by atoms with E-state index in [1.807, 2.05) is 0 Å². The van der Waals surface area contributed by atoms with Crippen molar-refractivity contribution < 1.29 is 9.53 Å². The zero-order valence-corrected chi connectivity index (χ0v) is 10.2. The molecule has 3 nitrogen and oxygen atoms in total. The van der Waals surface area contributed by atoms with Crippen LogP contribution in [0.15, 0.2) is 0 Å². The second-order valence-corrected chi connectivity index (χ2v) is 5.20. The standard InChI is InChI=1S/C12H23NO2/c1-11(2)4-6-13(3)8-12(9-14)5-7-15-10-12/h9,11H,4-8,10H2,1-3H3. The smallest absolute Gasteiger partial charge is 0.129 e. The van der Waals surface area contributed by atoms with Crippen molar-refractivity contribution in [1.82, 2.24) is 4.90 Å². The first kappa shape index (κ1) is 12.7. The predicted molar refractivity (Wildman–Crippen MR) is 60.9 cm³/mol. The second kappa shape index (κ2) is 5.61. The fourth-order valence-corrected chi connectivity index (χ4v) is 1.97. The molecule has 0 bridgehead atoms. The predicted octanol–water partition coefficient (Wildman–Crippen LogP) is 1.57. The van der Waals surface area contributed by atoms with E-state index in [1.54, 1.807) is 0 Å². The van der Waals surface area contributed by atoms with E-state index in [2.05, 4.69) is 25.8 Å². The highest BCUT2D eigenvalue weighted by Crippen LogP contribution is 2.27. The molecule has 88 valence electrons. The van der Waals surface area contributed by atoms with Crippen LogP contribution >= 0.6 is 0 Å². The van der Waals surface area contributed by atoms with Gasteiger partial charge in [-0.25, -0.2) is 0 Å². The number of hydrogen-bond acceptors (Lipinski definition) is 3. The van der Waals surface area contributed by atoms with Crippen LogP contribution in [0.25, 0.3) is 0 Å².